The number of anilines is 1. The van der Waals surface area contributed by atoms with Gasteiger partial charge in [0.2, 0.25) is 0 Å². The molecule has 3 nitrogen and oxygen atoms in total. The van der Waals surface area contributed by atoms with Gasteiger partial charge in [-0.15, -0.1) is 12.4 Å². The first-order valence-electron chi connectivity index (χ1n) is 5.62. The molecule has 0 aliphatic carbocycles. The standard InChI is InChI=1S/C13H20N2O.ClH/c1-4-8-13(2,3)15-12(16)10-6-5-7-11(14)9-10;/h5-7,9H,4,8,14H2,1-3H3,(H,15,16);1H. The van der Waals surface area contributed by atoms with Gasteiger partial charge in [0.05, 0.1) is 0 Å². The highest BCUT2D eigenvalue weighted by atomic mass is 35.5. The number of hydrogen-bond donors (Lipinski definition) is 2. The fraction of sp³-hybridized carbons (Fsp3) is 0.462. The Bertz CT molecular complexity index is 377. The molecule has 0 atom stereocenters. The molecule has 0 bridgehead atoms. The van der Waals surface area contributed by atoms with Crippen LogP contribution < -0.4 is 11.1 Å². The van der Waals surface area contributed by atoms with Crippen LogP contribution in [-0.2, 0) is 0 Å². The Labute approximate surface area is 109 Å². The van der Waals surface area contributed by atoms with Gasteiger partial charge in [-0.1, -0.05) is 19.4 Å². The maximum absolute atomic E-state index is 11.9. The van der Waals surface area contributed by atoms with Crippen molar-refractivity contribution < 1.29 is 4.79 Å². The van der Waals surface area contributed by atoms with Gasteiger partial charge < -0.3 is 11.1 Å². The first-order valence-corrected chi connectivity index (χ1v) is 5.62. The number of amides is 1. The summed E-state index contributed by atoms with van der Waals surface area (Å²) in [7, 11) is 0. The monoisotopic (exact) mass is 256 g/mol. The van der Waals surface area contributed by atoms with Crippen LogP contribution in [-0.4, -0.2) is 11.4 Å². The van der Waals surface area contributed by atoms with Gasteiger partial charge in [0.15, 0.2) is 0 Å². The topological polar surface area (TPSA) is 55.1 Å². The molecule has 0 heterocycles. The molecule has 1 rings (SSSR count). The molecule has 0 saturated heterocycles. The number of rotatable bonds is 4. The predicted molar refractivity (Wildman–Crippen MR) is 74.6 cm³/mol. The van der Waals surface area contributed by atoms with Crippen LogP contribution in [0.1, 0.15) is 44.0 Å². The van der Waals surface area contributed by atoms with Crippen molar-refractivity contribution in [2.45, 2.75) is 39.2 Å². The van der Waals surface area contributed by atoms with E-state index >= 15 is 0 Å². The third-order valence-electron chi connectivity index (χ3n) is 2.48. The molecule has 1 aromatic carbocycles. The Morgan fingerprint density at radius 2 is 2.06 bits per heavy atom. The largest absolute Gasteiger partial charge is 0.399 e. The van der Waals surface area contributed by atoms with Gasteiger partial charge in [-0.2, -0.15) is 0 Å². The smallest absolute Gasteiger partial charge is 0.251 e. The lowest BCUT2D eigenvalue weighted by Gasteiger charge is -2.25. The minimum atomic E-state index is -0.170. The summed E-state index contributed by atoms with van der Waals surface area (Å²) in [6.45, 7) is 6.16. The molecular formula is C13H21ClN2O. The van der Waals surface area contributed by atoms with Crippen LogP contribution in [0.4, 0.5) is 5.69 Å². The average molecular weight is 257 g/mol. The maximum Gasteiger partial charge on any atom is 0.251 e. The Kier molecular flexibility index (Phi) is 6.03. The van der Waals surface area contributed by atoms with Crippen LogP contribution >= 0.6 is 12.4 Å². The lowest BCUT2D eigenvalue weighted by Crippen LogP contribution is -2.43. The number of benzene rings is 1. The van der Waals surface area contributed by atoms with Crippen molar-refractivity contribution >= 4 is 24.0 Å². The molecule has 1 amide bonds. The average Bonchev–Trinajstić information content (AvgIpc) is 2.16. The molecule has 96 valence electrons. The van der Waals surface area contributed by atoms with Gasteiger partial charge in [0, 0.05) is 16.8 Å². The third kappa shape index (κ3) is 5.09. The number of halogens is 1. The van der Waals surface area contributed by atoms with Crippen LogP contribution in [0.5, 0.6) is 0 Å². The Hall–Kier alpha value is -1.22. The third-order valence-corrected chi connectivity index (χ3v) is 2.48. The zero-order valence-corrected chi connectivity index (χ0v) is 11.4. The van der Waals surface area contributed by atoms with Crippen LogP contribution in [0.3, 0.4) is 0 Å². The van der Waals surface area contributed by atoms with Gasteiger partial charge in [-0.3, -0.25) is 4.79 Å². The zero-order valence-electron chi connectivity index (χ0n) is 10.6. The minimum absolute atomic E-state index is 0. The Morgan fingerprint density at radius 3 is 2.59 bits per heavy atom. The number of carbonyl (C=O) groups is 1. The molecule has 0 spiro atoms. The van der Waals surface area contributed by atoms with Crippen molar-refractivity contribution in [1.82, 2.24) is 5.32 Å². The molecule has 0 radical (unpaired) electrons. The van der Waals surface area contributed by atoms with E-state index in [0.29, 0.717) is 11.3 Å². The predicted octanol–water partition coefficient (Wildman–Crippen LogP) is 3.00. The van der Waals surface area contributed by atoms with E-state index in [2.05, 4.69) is 12.2 Å². The van der Waals surface area contributed by atoms with Crippen LogP contribution in [0, 0.1) is 0 Å². The Morgan fingerprint density at radius 1 is 1.41 bits per heavy atom. The highest BCUT2D eigenvalue weighted by molar-refractivity contribution is 5.95. The van der Waals surface area contributed by atoms with Gasteiger partial charge >= 0.3 is 0 Å². The van der Waals surface area contributed by atoms with E-state index in [1.54, 1.807) is 24.3 Å². The number of carbonyl (C=O) groups excluding carboxylic acids is 1. The summed E-state index contributed by atoms with van der Waals surface area (Å²) >= 11 is 0. The van der Waals surface area contributed by atoms with E-state index in [1.807, 2.05) is 13.8 Å². The molecule has 3 N–H and O–H groups in total. The summed E-state index contributed by atoms with van der Waals surface area (Å²) < 4.78 is 0. The highest BCUT2D eigenvalue weighted by Crippen LogP contribution is 2.13. The fourth-order valence-corrected chi connectivity index (χ4v) is 1.75. The first kappa shape index (κ1) is 15.8. The minimum Gasteiger partial charge on any atom is -0.399 e. The fourth-order valence-electron chi connectivity index (χ4n) is 1.75. The van der Waals surface area contributed by atoms with Gasteiger partial charge in [-0.05, 0) is 38.5 Å². The summed E-state index contributed by atoms with van der Waals surface area (Å²) in [5, 5.41) is 3.01. The van der Waals surface area contributed by atoms with Gasteiger partial charge in [0.25, 0.3) is 5.91 Å². The van der Waals surface area contributed by atoms with Crippen LogP contribution in [0.25, 0.3) is 0 Å². The molecule has 0 aromatic heterocycles. The molecule has 0 fully saturated rings. The second-order valence-electron chi connectivity index (χ2n) is 4.71. The van der Waals surface area contributed by atoms with Crippen molar-refractivity contribution in [2.75, 3.05) is 5.73 Å². The lowest BCUT2D eigenvalue weighted by molar-refractivity contribution is 0.0909. The van der Waals surface area contributed by atoms with E-state index in [1.165, 1.54) is 0 Å². The van der Waals surface area contributed by atoms with Crippen molar-refractivity contribution in [3.8, 4) is 0 Å². The maximum atomic E-state index is 11.9. The second-order valence-corrected chi connectivity index (χ2v) is 4.71. The summed E-state index contributed by atoms with van der Waals surface area (Å²) in [6, 6.07) is 7.02. The van der Waals surface area contributed by atoms with E-state index in [9.17, 15) is 4.79 Å². The van der Waals surface area contributed by atoms with Gasteiger partial charge in [0.1, 0.15) is 0 Å². The number of hydrogen-bond acceptors (Lipinski definition) is 2. The van der Waals surface area contributed by atoms with Gasteiger partial charge in [-0.25, -0.2) is 0 Å². The van der Waals surface area contributed by atoms with E-state index < -0.39 is 0 Å². The number of nitrogens with two attached hydrogens (primary N) is 1. The van der Waals surface area contributed by atoms with Crippen molar-refractivity contribution in [3.05, 3.63) is 29.8 Å². The first-order chi connectivity index (χ1) is 7.44. The SMILES string of the molecule is CCCC(C)(C)NC(=O)c1cccc(N)c1.Cl. The van der Waals surface area contributed by atoms with Crippen molar-refractivity contribution in [1.29, 1.82) is 0 Å². The number of nitrogens with one attached hydrogen (secondary N) is 1. The van der Waals surface area contributed by atoms with Crippen molar-refractivity contribution in [3.63, 3.8) is 0 Å². The molecule has 0 saturated carbocycles. The molecule has 17 heavy (non-hydrogen) atoms. The molecule has 0 aliphatic rings. The summed E-state index contributed by atoms with van der Waals surface area (Å²) in [5.41, 5.74) is 6.70. The van der Waals surface area contributed by atoms with E-state index in [0.717, 1.165) is 12.8 Å². The molecule has 4 heteroatoms. The quantitative estimate of drug-likeness (QED) is 0.814. The second kappa shape index (κ2) is 6.50. The van der Waals surface area contributed by atoms with E-state index in [4.69, 9.17) is 5.73 Å². The number of nitrogen functional groups attached to an aromatic ring is 1. The molecular weight excluding hydrogens is 236 g/mol. The van der Waals surface area contributed by atoms with Crippen molar-refractivity contribution in [2.24, 2.45) is 0 Å². The van der Waals surface area contributed by atoms with Crippen LogP contribution in [0.2, 0.25) is 0 Å². The normalized spacial score (nSPS) is 10.5. The van der Waals surface area contributed by atoms with E-state index in [-0.39, 0.29) is 23.9 Å². The zero-order chi connectivity index (χ0) is 12.2. The highest BCUT2D eigenvalue weighted by Gasteiger charge is 2.19. The summed E-state index contributed by atoms with van der Waals surface area (Å²) in [4.78, 5) is 11.9. The molecule has 0 aliphatic heterocycles. The lowest BCUT2D eigenvalue weighted by atomic mass is 9.98. The molecule has 0 unspecified atom stereocenters. The Balaban J connectivity index is 0.00000256. The molecule has 1 aromatic rings. The summed E-state index contributed by atoms with van der Waals surface area (Å²) in [5.74, 6) is -0.0641. The van der Waals surface area contributed by atoms with Crippen LogP contribution in [0.15, 0.2) is 24.3 Å². The summed E-state index contributed by atoms with van der Waals surface area (Å²) in [6.07, 6.45) is 2.01.